The van der Waals surface area contributed by atoms with E-state index < -0.39 is 0 Å². The van der Waals surface area contributed by atoms with Crippen LogP contribution in [-0.2, 0) is 11.3 Å². The molecule has 0 atom stereocenters. The predicted molar refractivity (Wildman–Crippen MR) is 66.1 cm³/mol. The molecule has 1 rings (SSSR count). The number of ether oxygens (including phenoxy) is 1. The van der Waals surface area contributed by atoms with E-state index >= 15 is 0 Å². The molecule has 15 heavy (non-hydrogen) atoms. The highest BCUT2D eigenvalue weighted by molar-refractivity contribution is 7.99. The zero-order chi connectivity index (χ0) is 11.1. The van der Waals surface area contributed by atoms with Gasteiger partial charge in [0, 0.05) is 17.2 Å². The third-order valence-corrected chi connectivity index (χ3v) is 2.94. The largest absolute Gasteiger partial charge is 0.378 e. The molecule has 0 saturated carbocycles. The Bertz CT molecular complexity index is 271. The van der Waals surface area contributed by atoms with Gasteiger partial charge in [-0.25, -0.2) is 0 Å². The molecule has 2 nitrogen and oxygen atoms in total. The van der Waals surface area contributed by atoms with Crippen molar-refractivity contribution in [1.29, 1.82) is 0 Å². The minimum atomic E-state index is 0.324. The Kier molecular flexibility index (Phi) is 5.76. The van der Waals surface area contributed by atoms with E-state index in [-0.39, 0.29) is 0 Å². The van der Waals surface area contributed by atoms with Crippen LogP contribution in [0.1, 0.15) is 19.4 Å². The summed E-state index contributed by atoms with van der Waals surface area (Å²) >= 11 is 1.82. The molecule has 0 amide bonds. The first-order valence-electron chi connectivity index (χ1n) is 5.26. The van der Waals surface area contributed by atoms with Gasteiger partial charge in [-0.3, -0.25) is 0 Å². The Labute approximate surface area is 96.2 Å². The van der Waals surface area contributed by atoms with Crippen LogP contribution in [0.3, 0.4) is 0 Å². The van der Waals surface area contributed by atoms with E-state index in [1.54, 1.807) is 0 Å². The molecule has 1 aromatic carbocycles. The molecule has 0 spiro atoms. The van der Waals surface area contributed by atoms with Gasteiger partial charge in [0.25, 0.3) is 0 Å². The molecule has 0 heterocycles. The van der Waals surface area contributed by atoms with Crippen molar-refractivity contribution in [2.45, 2.75) is 31.4 Å². The minimum absolute atomic E-state index is 0.324. The van der Waals surface area contributed by atoms with Gasteiger partial charge in [0.15, 0.2) is 0 Å². The van der Waals surface area contributed by atoms with Crippen molar-refractivity contribution in [1.82, 2.24) is 0 Å². The molecule has 0 aliphatic heterocycles. The predicted octanol–water partition coefficient (Wildman–Crippen LogP) is 2.66. The topological polar surface area (TPSA) is 35.2 Å². The monoisotopic (exact) mass is 225 g/mol. The van der Waals surface area contributed by atoms with Crippen LogP contribution < -0.4 is 5.73 Å². The van der Waals surface area contributed by atoms with Crippen molar-refractivity contribution >= 4 is 11.8 Å². The van der Waals surface area contributed by atoms with Crippen molar-refractivity contribution in [3.8, 4) is 0 Å². The van der Waals surface area contributed by atoms with Gasteiger partial charge in [-0.05, 0) is 31.5 Å². The standard InChI is InChI=1S/C12H19NOS/c1-10(2)14-7-8-15-12-5-3-11(9-13)4-6-12/h3-6,10H,7-9,13H2,1-2H3. The Morgan fingerprint density at radius 3 is 2.47 bits per heavy atom. The van der Waals surface area contributed by atoms with E-state index in [1.807, 2.05) is 11.8 Å². The smallest absolute Gasteiger partial charge is 0.0563 e. The summed E-state index contributed by atoms with van der Waals surface area (Å²) < 4.78 is 5.47. The number of hydrogen-bond donors (Lipinski definition) is 1. The normalized spacial score (nSPS) is 10.9. The van der Waals surface area contributed by atoms with Crippen LogP contribution in [0.4, 0.5) is 0 Å². The molecule has 2 N–H and O–H groups in total. The fourth-order valence-corrected chi connectivity index (χ4v) is 1.91. The zero-order valence-electron chi connectivity index (χ0n) is 9.40. The summed E-state index contributed by atoms with van der Waals surface area (Å²) in [5.41, 5.74) is 6.71. The summed E-state index contributed by atoms with van der Waals surface area (Å²) in [5.74, 6) is 1.00. The lowest BCUT2D eigenvalue weighted by atomic mass is 10.2. The average Bonchev–Trinajstić information content (AvgIpc) is 2.25. The molecule has 0 saturated heterocycles. The van der Waals surface area contributed by atoms with Gasteiger partial charge in [0.1, 0.15) is 0 Å². The maximum absolute atomic E-state index is 5.53. The first-order valence-corrected chi connectivity index (χ1v) is 6.24. The van der Waals surface area contributed by atoms with Crippen molar-refractivity contribution < 1.29 is 4.74 Å². The van der Waals surface area contributed by atoms with Crippen molar-refractivity contribution in [3.63, 3.8) is 0 Å². The number of nitrogens with two attached hydrogens (primary N) is 1. The lowest BCUT2D eigenvalue weighted by molar-refractivity contribution is 0.0920. The highest BCUT2D eigenvalue weighted by atomic mass is 32.2. The van der Waals surface area contributed by atoms with Gasteiger partial charge in [-0.1, -0.05) is 12.1 Å². The Hall–Kier alpha value is -0.510. The second-order valence-electron chi connectivity index (χ2n) is 3.62. The van der Waals surface area contributed by atoms with Crippen LogP contribution in [0, 0.1) is 0 Å². The summed E-state index contributed by atoms with van der Waals surface area (Å²) in [5, 5.41) is 0. The first kappa shape index (κ1) is 12.6. The summed E-state index contributed by atoms with van der Waals surface area (Å²) in [7, 11) is 0. The Morgan fingerprint density at radius 1 is 1.27 bits per heavy atom. The van der Waals surface area contributed by atoms with Gasteiger partial charge in [0.05, 0.1) is 12.7 Å². The molecular weight excluding hydrogens is 206 g/mol. The fraction of sp³-hybridized carbons (Fsp3) is 0.500. The molecule has 0 unspecified atom stereocenters. The summed E-state index contributed by atoms with van der Waals surface area (Å²) in [6.45, 7) is 5.53. The van der Waals surface area contributed by atoms with Gasteiger partial charge in [-0.15, -0.1) is 11.8 Å². The van der Waals surface area contributed by atoms with Gasteiger partial charge in [0.2, 0.25) is 0 Å². The van der Waals surface area contributed by atoms with Crippen molar-refractivity contribution in [3.05, 3.63) is 29.8 Å². The Morgan fingerprint density at radius 2 is 1.93 bits per heavy atom. The molecule has 1 aromatic rings. The van der Waals surface area contributed by atoms with Crippen LogP contribution in [0.25, 0.3) is 0 Å². The minimum Gasteiger partial charge on any atom is -0.378 e. The number of benzene rings is 1. The molecule has 0 bridgehead atoms. The van der Waals surface area contributed by atoms with Crippen LogP contribution in [0.2, 0.25) is 0 Å². The van der Waals surface area contributed by atoms with Crippen molar-refractivity contribution in [2.24, 2.45) is 5.73 Å². The third kappa shape index (κ3) is 5.21. The van der Waals surface area contributed by atoms with E-state index in [9.17, 15) is 0 Å². The highest BCUT2D eigenvalue weighted by Gasteiger charge is 1.96. The SMILES string of the molecule is CC(C)OCCSc1ccc(CN)cc1. The van der Waals surface area contributed by atoms with Crippen LogP contribution in [0.15, 0.2) is 29.2 Å². The van der Waals surface area contributed by atoms with E-state index in [1.165, 1.54) is 10.5 Å². The lowest BCUT2D eigenvalue weighted by Crippen LogP contribution is -2.05. The highest BCUT2D eigenvalue weighted by Crippen LogP contribution is 2.18. The second-order valence-corrected chi connectivity index (χ2v) is 4.78. The number of rotatable bonds is 6. The number of hydrogen-bond acceptors (Lipinski definition) is 3. The summed E-state index contributed by atoms with van der Waals surface area (Å²) in [6.07, 6.45) is 0.324. The Balaban J connectivity index is 2.25. The molecule has 0 aliphatic rings. The van der Waals surface area contributed by atoms with Gasteiger partial charge in [-0.2, -0.15) is 0 Å². The molecule has 84 valence electrons. The number of thioether (sulfide) groups is 1. The van der Waals surface area contributed by atoms with Crippen LogP contribution in [0.5, 0.6) is 0 Å². The molecule has 0 aromatic heterocycles. The fourth-order valence-electron chi connectivity index (χ4n) is 1.17. The molecule has 3 heteroatoms. The zero-order valence-corrected chi connectivity index (χ0v) is 10.2. The van der Waals surface area contributed by atoms with E-state index in [0.717, 1.165) is 12.4 Å². The average molecular weight is 225 g/mol. The van der Waals surface area contributed by atoms with E-state index in [2.05, 4.69) is 38.1 Å². The summed E-state index contributed by atoms with van der Waals surface area (Å²) in [6, 6.07) is 8.38. The quantitative estimate of drug-likeness (QED) is 0.597. The van der Waals surface area contributed by atoms with E-state index in [0.29, 0.717) is 12.6 Å². The molecule has 0 fully saturated rings. The van der Waals surface area contributed by atoms with E-state index in [4.69, 9.17) is 10.5 Å². The summed E-state index contributed by atoms with van der Waals surface area (Å²) in [4.78, 5) is 1.28. The van der Waals surface area contributed by atoms with Crippen molar-refractivity contribution in [2.75, 3.05) is 12.4 Å². The van der Waals surface area contributed by atoms with Gasteiger partial charge < -0.3 is 10.5 Å². The first-order chi connectivity index (χ1) is 7.22. The van der Waals surface area contributed by atoms with Crippen LogP contribution >= 0.6 is 11.8 Å². The van der Waals surface area contributed by atoms with Crippen LogP contribution in [-0.4, -0.2) is 18.5 Å². The maximum atomic E-state index is 5.53. The maximum Gasteiger partial charge on any atom is 0.0563 e. The lowest BCUT2D eigenvalue weighted by Gasteiger charge is -2.07. The third-order valence-electron chi connectivity index (χ3n) is 1.96. The second kappa shape index (κ2) is 6.88. The van der Waals surface area contributed by atoms with Gasteiger partial charge >= 0.3 is 0 Å². The molecule has 0 aliphatic carbocycles. The molecule has 0 radical (unpaired) electrons. The molecular formula is C12H19NOS.